The van der Waals surface area contributed by atoms with Gasteiger partial charge in [-0.2, -0.15) is 13.2 Å². The Kier molecular flexibility index (Phi) is 8.39. The van der Waals surface area contributed by atoms with Crippen molar-refractivity contribution in [3.05, 3.63) is 83.1 Å². The van der Waals surface area contributed by atoms with Crippen LogP contribution in [0.4, 0.5) is 23.2 Å². The van der Waals surface area contributed by atoms with Gasteiger partial charge in [0.05, 0.1) is 19.8 Å². The molecule has 0 fully saturated rings. The van der Waals surface area contributed by atoms with Crippen LogP contribution in [0.15, 0.2) is 71.2 Å². The van der Waals surface area contributed by atoms with E-state index in [2.05, 4.69) is 10.4 Å². The molecule has 0 saturated carbocycles. The summed E-state index contributed by atoms with van der Waals surface area (Å²) in [5.41, 5.74) is 0.850. The minimum atomic E-state index is -4.80. The van der Waals surface area contributed by atoms with E-state index in [-0.39, 0.29) is 18.7 Å². The maximum Gasteiger partial charge on any atom is 0.432 e. The summed E-state index contributed by atoms with van der Waals surface area (Å²) >= 11 is 0. The van der Waals surface area contributed by atoms with E-state index in [0.29, 0.717) is 29.2 Å². The first-order valence-electron chi connectivity index (χ1n) is 10.9. The number of nitrogens with zero attached hydrogens (tertiary/aromatic N) is 2. The van der Waals surface area contributed by atoms with Crippen LogP contribution in [0.3, 0.4) is 0 Å². The zero-order chi connectivity index (χ0) is 25.6. The summed E-state index contributed by atoms with van der Waals surface area (Å²) in [6, 6.07) is 11.2. The van der Waals surface area contributed by atoms with Gasteiger partial charge in [-0.15, -0.1) is 0 Å². The highest BCUT2D eigenvalue weighted by Crippen LogP contribution is 2.31. The van der Waals surface area contributed by atoms with Crippen molar-refractivity contribution in [3.63, 3.8) is 0 Å². The molecule has 35 heavy (non-hydrogen) atoms. The molecule has 186 valence electrons. The molecule has 0 unspecified atom stereocenters. The Morgan fingerprint density at radius 2 is 1.89 bits per heavy atom. The van der Waals surface area contributed by atoms with Crippen LogP contribution in [0.25, 0.3) is 0 Å². The monoisotopic (exact) mass is 491 g/mol. The van der Waals surface area contributed by atoms with Gasteiger partial charge in [0.1, 0.15) is 17.3 Å². The molecule has 0 aliphatic carbocycles. The smallest absolute Gasteiger partial charge is 0.432 e. The molecule has 1 aliphatic rings. The van der Waals surface area contributed by atoms with Gasteiger partial charge >= 0.3 is 6.18 Å². The molecule has 0 saturated heterocycles. The normalized spacial score (nSPS) is 14.5. The van der Waals surface area contributed by atoms with Gasteiger partial charge in [0, 0.05) is 28.5 Å². The highest BCUT2D eigenvalue weighted by atomic mass is 19.4. The average molecular weight is 492 g/mol. The lowest BCUT2D eigenvalue weighted by atomic mass is 10.1. The minimum Gasteiger partial charge on any atom is -0.497 e. The van der Waals surface area contributed by atoms with Crippen molar-refractivity contribution in [1.82, 2.24) is 0 Å². The van der Waals surface area contributed by atoms with Gasteiger partial charge in [-0.3, -0.25) is 5.41 Å². The fraction of sp³-hybridized carbons (Fsp3) is 0.320. The molecular formula is C25H27F4N4O2+. The molecule has 0 spiro atoms. The molecule has 0 aromatic heterocycles. The maximum absolute atomic E-state index is 14.1. The molecule has 1 heterocycles. The van der Waals surface area contributed by atoms with E-state index in [1.807, 2.05) is 19.1 Å². The van der Waals surface area contributed by atoms with E-state index < -0.39 is 23.8 Å². The van der Waals surface area contributed by atoms with Crippen LogP contribution in [-0.4, -0.2) is 30.2 Å². The van der Waals surface area contributed by atoms with Crippen LogP contribution in [-0.2, 0) is 11.3 Å². The van der Waals surface area contributed by atoms with Gasteiger partial charge in [0.15, 0.2) is 12.2 Å². The third-order valence-electron chi connectivity index (χ3n) is 5.28. The first-order chi connectivity index (χ1) is 16.6. The van der Waals surface area contributed by atoms with Crippen molar-refractivity contribution in [1.29, 1.82) is 5.41 Å². The molecule has 2 N–H and O–H groups in total. The molecule has 10 heteroatoms. The van der Waals surface area contributed by atoms with Gasteiger partial charge in [-0.05, 0) is 55.8 Å². The van der Waals surface area contributed by atoms with Crippen molar-refractivity contribution in [2.75, 3.05) is 19.0 Å². The molecular weight excluding hydrogens is 464 g/mol. The summed E-state index contributed by atoms with van der Waals surface area (Å²) in [7, 11) is 1.57. The zero-order valence-electron chi connectivity index (χ0n) is 19.6. The number of hydrogen-bond acceptors (Lipinski definition) is 5. The number of anilines is 1. The Balaban J connectivity index is 1.80. The fourth-order valence-corrected chi connectivity index (χ4v) is 3.35. The molecule has 1 atom stereocenters. The Morgan fingerprint density at radius 3 is 2.49 bits per heavy atom. The maximum atomic E-state index is 14.1. The summed E-state index contributed by atoms with van der Waals surface area (Å²) < 4.78 is 65.9. The van der Waals surface area contributed by atoms with E-state index in [4.69, 9.17) is 14.9 Å². The van der Waals surface area contributed by atoms with E-state index in [0.717, 1.165) is 11.6 Å². The number of allylic oxidation sites excluding steroid dienone is 1. The second-order valence-corrected chi connectivity index (χ2v) is 7.89. The number of methoxy groups -OCH3 is 1. The first kappa shape index (κ1) is 26.1. The Hall–Kier alpha value is -3.53. The van der Waals surface area contributed by atoms with Crippen LogP contribution in [0.5, 0.6) is 5.75 Å². The summed E-state index contributed by atoms with van der Waals surface area (Å²) in [4.78, 5) is 0. The van der Waals surface area contributed by atoms with E-state index in [9.17, 15) is 17.6 Å². The van der Waals surface area contributed by atoms with Crippen LogP contribution in [0.1, 0.15) is 37.5 Å². The molecule has 6 nitrogen and oxygen atoms in total. The SMILES string of the molecule is CC[N+]1=NC(C/C(=C/C(=N)C(F)(F)F)Nc2ccc(F)cc2[C@@H](C)OCc2ccc(OC)cc2)=C1. The number of nitrogens with one attached hydrogen (secondary N) is 2. The summed E-state index contributed by atoms with van der Waals surface area (Å²) in [6.45, 7) is 4.50. The van der Waals surface area contributed by atoms with Crippen molar-refractivity contribution >= 4 is 11.4 Å². The average Bonchev–Trinajstić information content (AvgIpc) is 2.80. The lowest BCUT2D eigenvalue weighted by Gasteiger charge is -2.20. The van der Waals surface area contributed by atoms with Crippen molar-refractivity contribution in [2.24, 2.45) is 5.11 Å². The second kappa shape index (κ2) is 11.3. The number of hydrogen-bond donors (Lipinski definition) is 2. The minimum absolute atomic E-state index is 0.0485. The Bertz CT molecular complexity index is 1160. The van der Waals surface area contributed by atoms with Crippen LogP contribution < -0.4 is 10.1 Å². The third kappa shape index (κ3) is 7.22. The predicted octanol–water partition coefficient (Wildman–Crippen LogP) is 6.72. The number of alkyl halides is 3. The summed E-state index contributed by atoms with van der Waals surface area (Å²) in [5.74, 6) is 0.201. The molecule has 0 radical (unpaired) electrons. The molecule has 2 aromatic rings. The number of ether oxygens (including phenoxy) is 2. The van der Waals surface area contributed by atoms with Gasteiger partial charge < -0.3 is 14.8 Å². The summed E-state index contributed by atoms with van der Waals surface area (Å²) in [5, 5.41) is 14.5. The number of benzene rings is 2. The summed E-state index contributed by atoms with van der Waals surface area (Å²) in [6.07, 6.45) is -2.89. The number of halogens is 4. The van der Waals surface area contributed by atoms with Crippen molar-refractivity contribution in [2.45, 2.75) is 39.2 Å². The van der Waals surface area contributed by atoms with E-state index in [1.165, 1.54) is 18.2 Å². The zero-order valence-corrected chi connectivity index (χ0v) is 19.6. The van der Waals surface area contributed by atoms with Crippen LogP contribution in [0, 0.1) is 11.2 Å². The second-order valence-electron chi connectivity index (χ2n) is 7.89. The topological polar surface area (TPSA) is 69.7 Å². The predicted molar refractivity (Wildman–Crippen MR) is 124 cm³/mol. The van der Waals surface area contributed by atoms with E-state index >= 15 is 0 Å². The molecule has 2 aromatic carbocycles. The van der Waals surface area contributed by atoms with Crippen LogP contribution in [0.2, 0.25) is 0 Å². The molecule has 1 aliphatic heterocycles. The van der Waals surface area contributed by atoms with Gasteiger partial charge in [0.25, 0.3) is 0 Å². The van der Waals surface area contributed by atoms with Gasteiger partial charge in [0.2, 0.25) is 6.20 Å². The lowest BCUT2D eigenvalue weighted by molar-refractivity contribution is -0.543. The molecule has 3 rings (SSSR count). The van der Waals surface area contributed by atoms with Crippen molar-refractivity contribution < 1.29 is 31.7 Å². The highest BCUT2D eigenvalue weighted by molar-refractivity contribution is 5.97. The molecule has 0 amide bonds. The van der Waals surface area contributed by atoms with Crippen molar-refractivity contribution in [3.8, 4) is 5.75 Å². The number of azo groups is 2. The number of rotatable bonds is 11. The lowest BCUT2D eigenvalue weighted by Crippen LogP contribution is -2.21. The molecule has 0 bridgehead atoms. The first-order valence-corrected chi connectivity index (χ1v) is 10.9. The quantitative estimate of drug-likeness (QED) is 0.208. The standard InChI is InChI=1S/C25H27F4N4O2/c1-4-33-14-20(32-33)12-19(13-24(30)25(27,28)29)31-23-10-7-18(26)11-22(23)16(2)35-15-17-5-8-21(34-3)9-6-17/h5-11,13-14,16,30-31H,4,12,15H2,1-3H3/q+1/b19-13-,30-24?/t16-/m1/s1. The van der Waals surface area contributed by atoms with E-state index in [1.54, 1.807) is 37.1 Å². The Morgan fingerprint density at radius 1 is 1.20 bits per heavy atom. The fourth-order valence-electron chi connectivity index (χ4n) is 3.35. The third-order valence-corrected chi connectivity index (χ3v) is 5.28. The largest absolute Gasteiger partial charge is 0.497 e. The van der Waals surface area contributed by atoms with Gasteiger partial charge in [-0.25, -0.2) is 4.39 Å². The van der Waals surface area contributed by atoms with Crippen LogP contribution >= 0.6 is 0 Å². The Labute approximate surface area is 201 Å². The highest BCUT2D eigenvalue weighted by Gasteiger charge is 2.33. The van der Waals surface area contributed by atoms with Gasteiger partial charge in [-0.1, -0.05) is 16.8 Å².